The van der Waals surface area contributed by atoms with Gasteiger partial charge >= 0.3 is 6.03 Å². The number of aliphatic hydroxyl groups excluding tert-OH is 1. The van der Waals surface area contributed by atoms with E-state index in [0.717, 1.165) is 24.9 Å². The molecule has 2 amide bonds. The number of halogens is 1. The monoisotopic (exact) mass is 423 g/mol. The molecule has 0 aromatic heterocycles. The highest BCUT2D eigenvalue weighted by molar-refractivity contribution is 5.89. The summed E-state index contributed by atoms with van der Waals surface area (Å²) < 4.78 is 13.2. The Labute approximate surface area is 183 Å². The SMILES string of the molecule is CC=Cc1ccc([C@@H]2[C@H](CO)N3CCCCN(C(=O)Nc4ccc(F)cc4)C[C@@H]23)cc1. The molecule has 2 aliphatic heterocycles. The van der Waals surface area contributed by atoms with Crippen LogP contribution in [0.3, 0.4) is 0 Å². The lowest BCUT2D eigenvalue weighted by atomic mass is 9.74. The molecule has 4 rings (SSSR count). The van der Waals surface area contributed by atoms with Gasteiger partial charge < -0.3 is 15.3 Å². The Morgan fingerprint density at radius 1 is 1.13 bits per heavy atom. The van der Waals surface area contributed by atoms with Crippen molar-refractivity contribution in [2.24, 2.45) is 0 Å². The number of nitrogens with zero attached hydrogens (tertiary/aromatic N) is 2. The van der Waals surface area contributed by atoms with Gasteiger partial charge in [-0.3, -0.25) is 4.90 Å². The van der Waals surface area contributed by atoms with Gasteiger partial charge in [0.25, 0.3) is 0 Å². The first-order valence-electron chi connectivity index (χ1n) is 11.0. The molecule has 5 nitrogen and oxygen atoms in total. The standard InChI is InChI=1S/C25H30FN3O2/c1-2-5-18-6-8-19(9-7-18)24-22-16-28(14-3-4-15-29(22)23(24)17-30)25(31)27-21-12-10-20(26)11-13-21/h2,5-13,22-24,30H,3-4,14-17H2,1H3,(H,27,31)/t22-,23-,24-/m0/s1. The van der Waals surface area contributed by atoms with Crippen molar-refractivity contribution in [2.75, 3.05) is 31.6 Å². The second-order valence-corrected chi connectivity index (χ2v) is 8.34. The van der Waals surface area contributed by atoms with Gasteiger partial charge in [-0.05, 0) is 61.7 Å². The van der Waals surface area contributed by atoms with E-state index in [1.165, 1.54) is 17.7 Å². The maximum Gasteiger partial charge on any atom is 0.321 e. The van der Waals surface area contributed by atoms with E-state index in [1.54, 1.807) is 12.1 Å². The molecular formula is C25H30FN3O2. The summed E-state index contributed by atoms with van der Waals surface area (Å²) in [5, 5.41) is 13.0. The third kappa shape index (κ3) is 4.65. The number of amides is 2. The van der Waals surface area contributed by atoms with Gasteiger partial charge in [-0.2, -0.15) is 0 Å². The first-order valence-corrected chi connectivity index (χ1v) is 11.0. The predicted octanol–water partition coefficient (Wildman–Crippen LogP) is 4.32. The fraction of sp³-hybridized carbons (Fsp3) is 0.400. The van der Waals surface area contributed by atoms with Crippen LogP contribution >= 0.6 is 0 Å². The minimum absolute atomic E-state index is 0.0812. The number of carbonyl (C=O) groups is 1. The molecule has 2 N–H and O–H groups in total. The molecule has 2 aliphatic rings. The number of nitrogens with one attached hydrogen (secondary N) is 1. The van der Waals surface area contributed by atoms with Gasteiger partial charge in [0, 0.05) is 36.8 Å². The number of carbonyl (C=O) groups excluding carboxylic acids is 1. The van der Waals surface area contributed by atoms with Crippen molar-refractivity contribution in [3.63, 3.8) is 0 Å². The highest BCUT2D eigenvalue weighted by Crippen LogP contribution is 2.42. The molecule has 164 valence electrons. The normalized spacial score (nSPS) is 24.2. The number of benzene rings is 2. The molecule has 2 aromatic rings. The van der Waals surface area contributed by atoms with E-state index in [0.29, 0.717) is 18.8 Å². The van der Waals surface area contributed by atoms with Crippen LogP contribution < -0.4 is 5.32 Å². The minimum Gasteiger partial charge on any atom is -0.395 e. The number of fused-ring (bicyclic) bond motifs is 1. The summed E-state index contributed by atoms with van der Waals surface area (Å²) in [6.07, 6.45) is 5.99. The average Bonchev–Trinajstić information content (AvgIpc) is 2.75. The van der Waals surface area contributed by atoms with Gasteiger partial charge in [0.05, 0.1) is 6.61 Å². The second kappa shape index (κ2) is 9.62. The predicted molar refractivity (Wildman–Crippen MR) is 121 cm³/mol. The summed E-state index contributed by atoms with van der Waals surface area (Å²) in [6, 6.07) is 14.4. The van der Waals surface area contributed by atoms with Gasteiger partial charge in [-0.25, -0.2) is 9.18 Å². The molecule has 0 unspecified atom stereocenters. The summed E-state index contributed by atoms with van der Waals surface area (Å²) in [5.74, 6) is -0.142. The van der Waals surface area contributed by atoms with Crippen LogP contribution in [-0.2, 0) is 0 Å². The molecule has 6 heteroatoms. The molecule has 2 fully saturated rings. The van der Waals surface area contributed by atoms with Crippen molar-refractivity contribution in [3.05, 3.63) is 71.6 Å². The number of urea groups is 1. The topological polar surface area (TPSA) is 55.8 Å². The van der Waals surface area contributed by atoms with Gasteiger partial charge in [0.2, 0.25) is 0 Å². The first-order chi connectivity index (χ1) is 15.1. The lowest BCUT2D eigenvalue weighted by Crippen LogP contribution is -2.68. The molecule has 2 saturated heterocycles. The Kier molecular flexibility index (Phi) is 6.68. The van der Waals surface area contributed by atoms with Crippen LogP contribution in [0.15, 0.2) is 54.6 Å². The Bertz CT molecular complexity index is 913. The Morgan fingerprint density at radius 2 is 1.84 bits per heavy atom. The lowest BCUT2D eigenvalue weighted by molar-refractivity contribution is -0.0585. The molecule has 2 aromatic carbocycles. The fourth-order valence-corrected chi connectivity index (χ4v) is 4.88. The van der Waals surface area contributed by atoms with Crippen LogP contribution in [0.2, 0.25) is 0 Å². The molecule has 0 aliphatic carbocycles. The third-order valence-electron chi connectivity index (χ3n) is 6.43. The van der Waals surface area contributed by atoms with Gasteiger partial charge in [-0.15, -0.1) is 0 Å². The zero-order valence-corrected chi connectivity index (χ0v) is 17.9. The quantitative estimate of drug-likeness (QED) is 0.770. The molecule has 0 saturated carbocycles. The maximum absolute atomic E-state index is 13.2. The van der Waals surface area contributed by atoms with Crippen molar-refractivity contribution in [2.45, 2.75) is 37.8 Å². The second-order valence-electron chi connectivity index (χ2n) is 8.34. The highest BCUT2D eigenvalue weighted by Gasteiger charge is 2.49. The summed E-state index contributed by atoms with van der Waals surface area (Å²) in [7, 11) is 0. The van der Waals surface area contributed by atoms with Gasteiger partial charge in [0.1, 0.15) is 5.82 Å². The average molecular weight is 424 g/mol. The van der Waals surface area contributed by atoms with E-state index in [1.807, 2.05) is 17.9 Å². The van der Waals surface area contributed by atoms with Crippen molar-refractivity contribution < 1.29 is 14.3 Å². The number of rotatable bonds is 4. The highest BCUT2D eigenvalue weighted by atomic mass is 19.1. The van der Waals surface area contributed by atoms with Crippen molar-refractivity contribution in [1.29, 1.82) is 0 Å². The van der Waals surface area contributed by atoms with E-state index < -0.39 is 0 Å². The third-order valence-corrected chi connectivity index (χ3v) is 6.43. The van der Waals surface area contributed by atoms with Gasteiger partial charge in [-0.1, -0.05) is 36.4 Å². The van der Waals surface area contributed by atoms with E-state index in [9.17, 15) is 14.3 Å². The summed E-state index contributed by atoms with van der Waals surface area (Å²) in [5.41, 5.74) is 2.94. The number of aliphatic hydroxyl groups is 1. The fourth-order valence-electron chi connectivity index (χ4n) is 4.88. The summed E-state index contributed by atoms with van der Waals surface area (Å²) >= 11 is 0. The van der Waals surface area contributed by atoms with Crippen molar-refractivity contribution in [1.82, 2.24) is 9.80 Å². The number of hydrogen-bond acceptors (Lipinski definition) is 3. The largest absolute Gasteiger partial charge is 0.395 e. The van der Waals surface area contributed by atoms with Crippen LogP contribution in [0.1, 0.15) is 36.8 Å². The van der Waals surface area contributed by atoms with Crippen LogP contribution in [0.25, 0.3) is 6.08 Å². The minimum atomic E-state index is -0.326. The molecule has 0 spiro atoms. The number of hydrogen-bond donors (Lipinski definition) is 2. The molecule has 0 bridgehead atoms. The van der Waals surface area contributed by atoms with E-state index in [-0.39, 0.29) is 36.5 Å². The van der Waals surface area contributed by atoms with Crippen molar-refractivity contribution >= 4 is 17.8 Å². The Balaban J connectivity index is 1.51. The smallest absolute Gasteiger partial charge is 0.321 e. The van der Waals surface area contributed by atoms with E-state index in [4.69, 9.17) is 0 Å². The summed E-state index contributed by atoms with van der Waals surface area (Å²) in [6.45, 7) is 4.34. The van der Waals surface area contributed by atoms with Crippen LogP contribution in [0, 0.1) is 5.82 Å². The summed E-state index contributed by atoms with van der Waals surface area (Å²) in [4.78, 5) is 17.2. The Hall–Kier alpha value is -2.70. The van der Waals surface area contributed by atoms with E-state index >= 15 is 0 Å². The maximum atomic E-state index is 13.2. The number of allylic oxidation sites excluding steroid dienone is 1. The molecule has 0 radical (unpaired) electrons. The molecule has 3 atom stereocenters. The zero-order chi connectivity index (χ0) is 21.8. The molecular weight excluding hydrogens is 393 g/mol. The van der Waals surface area contributed by atoms with Crippen molar-refractivity contribution in [3.8, 4) is 0 Å². The Morgan fingerprint density at radius 3 is 2.52 bits per heavy atom. The van der Waals surface area contributed by atoms with E-state index in [2.05, 4.69) is 40.6 Å². The first kappa shape index (κ1) is 21.5. The molecule has 2 heterocycles. The zero-order valence-electron chi connectivity index (χ0n) is 17.9. The van der Waals surface area contributed by atoms with Crippen LogP contribution in [0.5, 0.6) is 0 Å². The van der Waals surface area contributed by atoms with Gasteiger partial charge in [0.15, 0.2) is 0 Å². The van der Waals surface area contributed by atoms with Crippen LogP contribution in [-0.4, -0.2) is 59.3 Å². The lowest BCUT2D eigenvalue weighted by Gasteiger charge is -2.57. The molecule has 31 heavy (non-hydrogen) atoms. The number of anilines is 1. The van der Waals surface area contributed by atoms with Crippen LogP contribution in [0.4, 0.5) is 14.9 Å².